The number of benzene rings is 2. The largest absolute Gasteiger partial charge is 0.480 e. The average molecular weight is 434 g/mol. The van der Waals surface area contributed by atoms with E-state index in [1.165, 1.54) is 9.80 Å². The lowest BCUT2D eigenvalue weighted by Gasteiger charge is -2.29. The molecule has 7 nitrogen and oxygen atoms in total. The molecular formula is C25H26N2O5. The van der Waals surface area contributed by atoms with Gasteiger partial charge in [-0.15, -0.1) is 0 Å². The van der Waals surface area contributed by atoms with E-state index in [4.69, 9.17) is 4.74 Å². The third-order valence-corrected chi connectivity index (χ3v) is 6.93. The molecule has 0 radical (unpaired) electrons. The van der Waals surface area contributed by atoms with Crippen LogP contribution < -0.4 is 0 Å². The Balaban J connectivity index is 1.29. The smallest absolute Gasteiger partial charge is 0.410 e. The van der Waals surface area contributed by atoms with Gasteiger partial charge >= 0.3 is 12.1 Å². The number of amides is 2. The van der Waals surface area contributed by atoms with E-state index in [0.717, 1.165) is 22.3 Å². The number of carbonyl (C=O) groups excluding carboxylic acids is 2. The molecule has 2 aromatic rings. The summed E-state index contributed by atoms with van der Waals surface area (Å²) in [5, 5.41) is 9.42. The second-order valence-corrected chi connectivity index (χ2v) is 8.68. The molecule has 1 aliphatic carbocycles. The minimum atomic E-state index is -0.985. The predicted octanol–water partition coefficient (Wildman–Crippen LogP) is 3.48. The van der Waals surface area contributed by atoms with Gasteiger partial charge in [-0.1, -0.05) is 48.5 Å². The molecule has 0 aromatic heterocycles. The van der Waals surface area contributed by atoms with Crippen LogP contribution in [0.15, 0.2) is 48.5 Å². The van der Waals surface area contributed by atoms with Crippen LogP contribution in [-0.4, -0.2) is 64.7 Å². The van der Waals surface area contributed by atoms with Gasteiger partial charge in [0.1, 0.15) is 18.7 Å². The van der Waals surface area contributed by atoms with Gasteiger partial charge in [0.2, 0.25) is 5.91 Å². The molecular weight excluding hydrogens is 408 g/mol. The number of rotatable bonds is 4. The topological polar surface area (TPSA) is 87.2 Å². The van der Waals surface area contributed by atoms with Crippen molar-refractivity contribution in [1.29, 1.82) is 0 Å². The van der Waals surface area contributed by atoms with Crippen molar-refractivity contribution in [1.82, 2.24) is 9.80 Å². The lowest BCUT2D eigenvalue weighted by atomic mass is 9.98. The molecule has 2 heterocycles. The van der Waals surface area contributed by atoms with E-state index in [-0.39, 0.29) is 18.4 Å². The van der Waals surface area contributed by atoms with Crippen LogP contribution in [0.25, 0.3) is 11.1 Å². The average Bonchev–Trinajstić information content (AvgIpc) is 3.55. The number of carbonyl (C=O) groups is 3. The summed E-state index contributed by atoms with van der Waals surface area (Å²) in [5.74, 6) is -1.31. The summed E-state index contributed by atoms with van der Waals surface area (Å²) in [4.78, 5) is 40.5. The van der Waals surface area contributed by atoms with E-state index < -0.39 is 24.1 Å². The highest BCUT2D eigenvalue weighted by atomic mass is 16.6. The minimum absolute atomic E-state index is 0.0434. The number of ether oxygens (including phenoxy) is 1. The van der Waals surface area contributed by atoms with Crippen molar-refractivity contribution in [2.24, 2.45) is 0 Å². The first kappa shape index (κ1) is 20.5. The van der Waals surface area contributed by atoms with Crippen molar-refractivity contribution in [2.45, 2.75) is 43.7 Å². The first-order valence-corrected chi connectivity index (χ1v) is 11.2. The predicted molar refractivity (Wildman–Crippen MR) is 117 cm³/mol. The summed E-state index contributed by atoms with van der Waals surface area (Å²) in [6.45, 7) is 1.06. The van der Waals surface area contributed by atoms with Crippen molar-refractivity contribution < 1.29 is 24.2 Å². The standard InChI is InChI=1S/C25H26N2O5/c28-23(26-13-6-12-22(26)24(29)30)21-11-5-14-27(21)25(31)32-15-20-18-9-3-1-7-16(18)17-8-2-4-10-19(17)20/h1-4,7-10,20-22H,5-6,11-15H2,(H,29,30)/t21-,22+/m0/s1. The van der Waals surface area contributed by atoms with Crippen LogP contribution in [0.5, 0.6) is 0 Å². The monoisotopic (exact) mass is 434 g/mol. The molecule has 0 unspecified atom stereocenters. The Labute approximate surface area is 186 Å². The number of nitrogens with zero attached hydrogens (tertiary/aromatic N) is 2. The van der Waals surface area contributed by atoms with Crippen molar-refractivity contribution in [3.8, 4) is 11.1 Å². The Bertz CT molecular complexity index is 1020. The fourth-order valence-corrected chi connectivity index (χ4v) is 5.40. The van der Waals surface area contributed by atoms with E-state index in [0.29, 0.717) is 38.8 Å². The van der Waals surface area contributed by atoms with Gasteiger partial charge in [-0.25, -0.2) is 9.59 Å². The second kappa shape index (κ2) is 8.30. The van der Waals surface area contributed by atoms with Gasteiger partial charge in [0.15, 0.2) is 0 Å². The van der Waals surface area contributed by atoms with E-state index in [9.17, 15) is 19.5 Å². The van der Waals surface area contributed by atoms with Crippen LogP contribution in [0, 0.1) is 0 Å². The number of hydrogen-bond donors (Lipinski definition) is 1. The lowest BCUT2D eigenvalue weighted by molar-refractivity contribution is -0.149. The highest BCUT2D eigenvalue weighted by Gasteiger charge is 2.43. The minimum Gasteiger partial charge on any atom is -0.480 e. The summed E-state index contributed by atoms with van der Waals surface area (Å²) >= 11 is 0. The number of carboxylic acids is 1. The van der Waals surface area contributed by atoms with Gasteiger partial charge < -0.3 is 14.7 Å². The van der Waals surface area contributed by atoms with Crippen LogP contribution in [0.3, 0.4) is 0 Å². The molecule has 3 aliphatic rings. The van der Waals surface area contributed by atoms with Crippen LogP contribution in [0.2, 0.25) is 0 Å². The molecule has 32 heavy (non-hydrogen) atoms. The second-order valence-electron chi connectivity index (χ2n) is 8.68. The van der Waals surface area contributed by atoms with Crippen molar-refractivity contribution in [3.05, 3.63) is 59.7 Å². The fourth-order valence-electron chi connectivity index (χ4n) is 5.40. The van der Waals surface area contributed by atoms with Gasteiger partial charge in [0.05, 0.1) is 0 Å². The molecule has 2 atom stereocenters. The SMILES string of the molecule is O=C(O)[C@H]1CCCN1C(=O)[C@@H]1CCCN1C(=O)OCC1c2ccccc2-c2ccccc21. The van der Waals surface area contributed by atoms with E-state index >= 15 is 0 Å². The zero-order valence-corrected chi connectivity index (χ0v) is 17.8. The number of fused-ring (bicyclic) bond motifs is 3. The van der Waals surface area contributed by atoms with Gasteiger partial charge in [-0.3, -0.25) is 9.69 Å². The Morgan fingerprint density at radius 3 is 2.03 bits per heavy atom. The van der Waals surface area contributed by atoms with Crippen molar-refractivity contribution >= 4 is 18.0 Å². The Morgan fingerprint density at radius 2 is 1.41 bits per heavy atom. The molecule has 2 saturated heterocycles. The molecule has 166 valence electrons. The van der Waals surface area contributed by atoms with Gasteiger partial charge in [0, 0.05) is 19.0 Å². The first-order chi connectivity index (χ1) is 15.6. The Kier molecular flexibility index (Phi) is 5.33. The molecule has 0 spiro atoms. The molecule has 0 bridgehead atoms. The molecule has 0 saturated carbocycles. The third kappa shape index (κ3) is 3.42. The van der Waals surface area contributed by atoms with E-state index in [2.05, 4.69) is 24.3 Å². The highest BCUT2D eigenvalue weighted by molar-refractivity contribution is 5.90. The maximum atomic E-state index is 13.1. The zero-order chi connectivity index (χ0) is 22.2. The van der Waals surface area contributed by atoms with Crippen LogP contribution in [0.4, 0.5) is 4.79 Å². The highest BCUT2D eigenvalue weighted by Crippen LogP contribution is 2.44. The number of hydrogen-bond acceptors (Lipinski definition) is 4. The van der Waals surface area contributed by atoms with E-state index in [1.54, 1.807) is 0 Å². The van der Waals surface area contributed by atoms with Crippen molar-refractivity contribution in [3.63, 3.8) is 0 Å². The summed E-state index contributed by atoms with van der Waals surface area (Å²) in [6.07, 6.45) is 1.85. The molecule has 7 heteroatoms. The first-order valence-electron chi connectivity index (χ1n) is 11.2. The molecule has 1 N–H and O–H groups in total. The van der Waals surface area contributed by atoms with Crippen LogP contribution in [-0.2, 0) is 14.3 Å². The number of carboxylic acid groups (broad SMARTS) is 1. The van der Waals surface area contributed by atoms with Gasteiger partial charge in [0.25, 0.3) is 0 Å². The Morgan fingerprint density at radius 1 is 0.844 bits per heavy atom. The number of likely N-dealkylation sites (tertiary alicyclic amines) is 2. The summed E-state index contributed by atoms with van der Waals surface area (Å²) in [5.41, 5.74) is 4.59. The maximum Gasteiger partial charge on any atom is 0.410 e. The quantitative estimate of drug-likeness (QED) is 0.796. The number of aliphatic carboxylic acids is 1. The third-order valence-electron chi connectivity index (χ3n) is 6.93. The Hall–Kier alpha value is -3.35. The van der Waals surface area contributed by atoms with E-state index in [1.807, 2.05) is 24.3 Å². The molecule has 2 aliphatic heterocycles. The lowest BCUT2D eigenvalue weighted by Crippen LogP contribution is -2.51. The molecule has 2 aromatic carbocycles. The van der Waals surface area contributed by atoms with Gasteiger partial charge in [-0.2, -0.15) is 0 Å². The summed E-state index contributed by atoms with van der Waals surface area (Å²) in [7, 11) is 0. The van der Waals surface area contributed by atoms with Gasteiger partial charge in [-0.05, 0) is 47.9 Å². The van der Waals surface area contributed by atoms with Crippen LogP contribution in [0.1, 0.15) is 42.7 Å². The molecule has 5 rings (SSSR count). The normalized spacial score (nSPS) is 22.0. The zero-order valence-electron chi connectivity index (χ0n) is 17.8. The molecule has 2 amide bonds. The summed E-state index contributed by atoms with van der Waals surface area (Å²) in [6, 6.07) is 14.8. The summed E-state index contributed by atoms with van der Waals surface area (Å²) < 4.78 is 5.74. The maximum absolute atomic E-state index is 13.1. The fraction of sp³-hybridized carbons (Fsp3) is 0.400. The van der Waals surface area contributed by atoms with Crippen molar-refractivity contribution in [2.75, 3.05) is 19.7 Å². The van der Waals surface area contributed by atoms with Crippen LogP contribution >= 0.6 is 0 Å². The molecule has 2 fully saturated rings.